The Labute approximate surface area is 202 Å². The number of benzene rings is 1. The zero-order chi connectivity index (χ0) is 24.0. The van der Waals surface area contributed by atoms with Crippen molar-refractivity contribution in [3.05, 3.63) is 23.3 Å². The van der Waals surface area contributed by atoms with Crippen molar-refractivity contribution in [3.63, 3.8) is 0 Å². The summed E-state index contributed by atoms with van der Waals surface area (Å²) in [7, 11) is 4.07. The topological polar surface area (TPSA) is 71.5 Å². The molecule has 186 valence electrons. The Hall–Kier alpha value is -1.83. The van der Waals surface area contributed by atoms with Crippen LogP contribution in [0.5, 0.6) is 11.5 Å². The van der Waals surface area contributed by atoms with Crippen LogP contribution in [0.3, 0.4) is 0 Å². The first-order chi connectivity index (χ1) is 16.1. The molecule has 6 atom stereocenters. The number of likely N-dealkylation sites (tertiary alicyclic amines) is 2. The fraction of sp³-hybridized carbons (Fsp3) is 0.741. The van der Waals surface area contributed by atoms with Gasteiger partial charge in [0.2, 0.25) is 0 Å². The van der Waals surface area contributed by atoms with Gasteiger partial charge in [0.05, 0.1) is 11.0 Å². The summed E-state index contributed by atoms with van der Waals surface area (Å²) in [5, 5.41) is 10.9. The number of hydrogen-bond acceptors (Lipinski definition) is 7. The van der Waals surface area contributed by atoms with Crippen LogP contribution < -0.4 is 4.74 Å². The lowest BCUT2D eigenvalue weighted by Gasteiger charge is -2.66. The molecule has 3 heterocycles. The van der Waals surface area contributed by atoms with Crippen LogP contribution in [0.15, 0.2) is 12.1 Å². The van der Waals surface area contributed by atoms with Crippen molar-refractivity contribution in [1.82, 2.24) is 9.80 Å². The van der Waals surface area contributed by atoms with Gasteiger partial charge in [0.25, 0.3) is 0 Å². The molecule has 0 amide bonds. The minimum Gasteiger partial charge on any atom is -0.504 e. The van der Waals surface area contributed by atoms with Crippen molar-refractivity contribution >= 4 is 5.97 Å². The van der Waals surface area contributed by atoms with E-state index in [-0.39, 0.29) is 47.0 Å². The van der Waals surface area contributed by atoms with Crippen molar-refractivity contribution in [2.45, 2.75) is 100 Å². The molecule has 3 fully saturated rings. The van der Waals surface area contributed by atoms with Gasteiger partial charge in [0.1, 0.15) is 17.7 Å². The number of hydrogen-bond donors (Lipinski definition) is 1. The monoisotopic (exact) mass is 470 g/mol. The molecule has 0 aromatic heterocycles. The van der Waals surface area contributed by atoms with Crippen LogP contribution in [0.4, 0.5) is 0 Å². The summed E-state index contributed by atoms with van der Waals surface area (Å²) in [5.74, 6) is 0.732. The van der Waals surface area contributed by atoms with Gasteiger partial charge in [-0.15, -0.1) is 0 Å². The van der Waals surface area contributed by atoms with Crippen molar-refractivity contribution in [1.29, 1.82) is 0 Å². The summed E-state index contributed by atoms with van der Waals surface area (Å²) in [5.41, 5.74) is 1.23. The third kappa shape index (κ3) is 2.78. The van der Waals surface area contributed by atoms with Crippen LogP contribution >= 0.6 is 0 Å². The fourth-order valence-electron chi connectivity index (χ4n) is 8.26. The third-order valence-corrected chi connectivity index (χ3v) is 9.42. The summed E-state index contributed by atoms with van der Waals surface area (Å²) in [4.78, 5) is 18.0. The minimum atomic E-state index is -0.507. The number of carbonyl (C=O) groups excluding carboxylic acids is 1. The van der Waals surface area contributed by atoms with E-state index in [9.17, 15) is 9.90 Å². The molecule has 1 N–H and O–H groups in total. The van der Waals surface area contributed by atoms with Crippen molar-refractivity contribution in [3.8, 4) is 11.5 Å². The number of ether oxygens (including phenoxy) is 3. The number of rotatable bonds is 3. The van der Waals surface area contributed by atoms with Crippen LogP contribution in [-0.4, -0.2) is 83.6 Å². The molecule has 1 aromatic rings. The number of carbonyl (C=O) groups is 1. The summed E-state index contributed by atoms with van der Waals surface area (Å²) >= 11 is 0. The smallest absolute Gasteiger partial charge is 0.323 e. The van der Waals surface area contributed by atoms with E-state index in [1.165, 1.54) is 11.1 Å². The maximum Gasteiger partial charge on any atom is 0.323 e. The molecule has 1 aromatic carbocycles. The molecule has 1 saturated carbocycles. The molecular weight excluding hydrogens is 432 g/mol. The highest BCUT2D eigenvalue weighted by molar-refractivity contribution is 5.76. The number of esters is 1. The molecule has 7 nitrogen and oxygen atoms in total. The second-order valence-electron chi connectivity index (χ2n) is 12.0. The Bertz CT molecular complexity index is 1020. The number of phenols is 1. The average Bonchev–Trinajstić information content (AvgIpc) is 3.39. The van der Waals surface area contributed by atoms with E-state index in [0.29, 0.717) is 5.75 Å². The Morgan fingerprint density at radius 2 is 2.00 bits per heavy atom. The van der Waals surface area contributed by atoms with Crippen LogP contribution in [0.25, 0.3) is 0 Å². The van der Waals surface area contributed by atoms with Gasteiger partial charge in [0, 0.05) is 24.8 Å². The van der Waals surface area contributed by atoms with E-state index in [1.54, 1.807) is 6.07 Å². The highest BCUT2D eigenvalue weighted by Gasteiger charge is 2.74. The van der Waals surface area contributed by atoms with Gasteiger partial charge < -0.3 is 24.2 Å². The molecule has 1 spiro atoms. The number of likely N-dealkylation sites (N-methyl/N-ethyl adjacent to an activating group) is 1. The first-order valence-electron chi connectivity index (χ1n) is 12.9. The largest absolute Gasteiger partial charge is 0.504 e. The van der Waals surface area contributed by atoms with Crippen LogP contribution in [-0.2, 0) is 26.1 Å². The minimum absolute atomic E-state index is 0.0742. The highest BCUT2D eigenvalue weighted by atomic mass is 16.6. The summed E-state index contributed by atoms with van der Waals surface area (Å²) in [6, 6.07) is 3.95. The first kappa shape index (κ1) is 22.6. The second-order valence-corrected chi connectivity index (χ2v) is 12.0. The van der Waals surface area contributed by atoms with Gasteiger partial charge in [0.15, 0.2) is 11.5 Å². The predicted octanol–water partition coefficient (Wildman–Crippen LogP) is 3.00. The predicted molar refractivity (Wildman–Crippen MR) is 127 cm³/mol. The Morgan fingerprint density at radius 1 is 1.21 bits per heavy atom. The van der Waals surface area contributed by atoms with E-state index in [1.807, 2.05) is 27.9 Å². The van der Waals surface area contributed by atoms with Gasteiger partial charge in [-0.05, 0) is 91.1 Å². The molecule has 5 aliphatic rings. The Kier molecular flexibility index (Phi) is 4.88. The average molecular weight is 471 g/mol. The molecule has 3 aliphatic heterocycles. The SMILES string of the molecule is CO[C@@]12CC[C@@H](N3CCC[C@H]3C(=O)OC(C)(C)C)[C@@H]3Oc4c(O)ccc5c4[C@@]31CCN(C)[C@@H]2C5. The normalized spacial score (nSPS) is 39.0. The Morgan fingerprint density at radius 3 is 2.74 bits per heavy atom. The summed E-state index contributed by atoms with van der Waals surface area (Å²) in [6.45, 7) is 7.62. The van der Waals surface area contributed by atoms with E-state index in [4.69, 9.17) is 14.2 Å². The molecule has 2 bridgehead atoms. The molecule has 2 saturated heterocycles. The maximum atomic E-state index is 13.2. The van der Waals surface area contributed by atoms with Crippen molar-refractivity contribution in [2.75, 3.05) is 27.2 Å². The zero-order valence-electron chi connectivity index (χ0n) is 21.1. The molecule has 2 aliphatic carbocycles. The summed E-state index contributed by atoms with van der Waals surface area (Å²) in [6.07, 6.45) is 5.26. The van der Waals surface area contributed by atoms with Gasteiger partial charge in [-0.25, -0.2) is 0 Å². The number of nitrogens with zero attached hydrogens (tertiary/aromatic N) is 2. The van der Waals surface area contributed by atoms with Crippen molar-refractivity contribution in [2.24, 2.45) is 0 Å². The Balaban J connectivity index is 1.45. The molecule has 34 heavy (non-hydrogen) atoms. The second kappa shape index (κ2) is 7.34. The molecular formula is C27H38N2O5. The number of phenolic OH excluding ortho intramolecular Hbond substituents is 1. The van der Waals surface area contributed by atoms with Gasteiger partial charge in [-0.3, -0.25) is 9.69 Å². The molecule has 6 rings (SSSR count). The van der Waals surface area contributed by atoms with E-state index in [0.717, 1.165) is 51.6 Å². The number of aromatic hydroxyl groups is 1. The molecule has 7 heteroatoms. The molecule has 0 radical (unpaired) electrons. The zero-order valence-corrected chi connectivity index (χ0v) is 21.1. The molecule has 0 unspecified atom stereocenters. The van der Waals surface area contributed by atoms with Crippen molar-refractivity contribution < 1.29 is 24.1 Å². The van der Waals surface area contributed by atoms with Gasteiger partial charge in [-0.1, -0.05) is 6.07 Å². The summed E-state index contributed by atoms with van der Waals surface area (Å²) < 4.78 is 19.2. The standard InChI is InChI=1S/C27H38N2O5/c1-25(2,3)34-24(31)18-7-6-13-29(18)17-10-11-27(32-5)20-15-16-8-9-19(30)22-21(16)26(27,23(17)33-22)12-14-28(20)4/h8-9,17-18,20,23,30H,6-7,10-15H2,1-5H3/t17-,18+,20-,23+,26+,27-/m1/s1. The quantitative estimate of drug-likeness (QED) is 0.681. The van der Waals surface area contributed by atoms with Gasteiger partial charge >= 0.3 is 5.97 Å². The lowest BCUT2D eigenvalue weighted by molar-refractivity contribution is -0.213. The van der Waals surface area contributed by atoms with Crippen LogP contribution in [0, 0.1) is 0 Å². The number of piperidine rings is 1. The van der Waals surface area contributed by atoms with Gasteiger partial charge in [-0.2, -0.15) is 0 Å². The van der Waals surface area contributed by atoms with Crippen LogP contribution in [0.2, 0.25) is 0 Å². The highest BCUT2D eigenvalue weighted by Crippen LogP contribution is 2.66. The fourth-order valence-corrected chi connectivity index (χ4v) is 8.26. The van der Waals surface area contributed by atoms with E-state index < -0.39 is 5.60 Å². The maximum absolute atomic E-state index is 13.2. The lowest BCUT2D eigenvalue weighted by Crippen LogP contribution is -2.78. The third-order valence-electron chi connectivity index (χ3n) is 9.42. The lowest BCUT2D eigenvalue weighted by atomic mass is 9.48. The first-order valence-corrected chi connectivity index (χ1v) is 12.9. The number of methoxy groups -OCH3 is 1. The van der Waals surface area contributed by atoms with Crippen LogP contribution in [0.1, 0.15) is 64.0 Å². The van der Waals surface area contributed by atoms with E-state index in [2.05, 4.69) is 22.9 Å². The van der Waals surface area contributed by atoms with E-state index >= 15 is 0 Å².